The molecule has 1 fully saturated rings. The van der Waals surface area contributed by atoms with Gasteiger partial charge in [-0.3, -0.25) is 9.69 Å². The van der Waals surface area contributed by atoms with E-state index in [-0.39, 0.29) is 17.4 Å². The van der Waals surface area contributed by atoms with E-state index >= 15 is 0 Å². The third kappa shape index (κ3) is 1.57. The Labute approximate surface area is 80.1 Å². The first-order valence-corrected chi connectivity index (χ1v) is 4.93. The van der Waals surface area contributed by atoms with Crippen molar-refractivity contribution >= 4 is 5.97 Å². The first kappa shape index (κ1) is 10.5. The molecule has 1 heterocycles. The molecule has 0 aromatic carbocycles. The largest absolute Gasteiger partial charge is 0.464 e. The number of hydrogen-bond acceptors (Lipinski definition) is 3. The van der Waals surface area contributed by atoms with Crippen molar-refractivity contribution in [3.8, 4) is 0 Å². The molecular weight excluding hydrogens is 166 g/mol. The molecule has 1 rings (SSSR count). The highest BCUT2D eigenvalue weighted by Crippen LogP contribution is 2.35. The highest BCUT2D eigenvalue weighted by molar-refractivity contribution is 5.79. The topological polar surface area (TPSA) is 29.5 Å². The van der Waals surface area contributed by atoms with Crippen LogP contribution < -0.4 is 0 Å². The SMILES string of the molecule is CCN(C)C1COC(=O)C1(C)CC. The predicted octanol–water partition coefficient (Wildman–Crippen LogP) is 1.28. The van der Waals surface area contributed by atoms with Gasteiger partial charge < -0.3 is 4.74 Å². The Balaban J connectivity index is 2.81. The zero-order chi connectivity index (χ0) is 10.1. The number of rotatable bonds is 3. The second kappa shape index (κ2) is 3.66. The molecule has 0 aromatic rings. The van der Waals surface area contributed by atoms with Crippen molar-refractivity contribution in [2.45, 2.75) is 33.2 Å². The summed E-state index contributed by atoms with van der Waals surface area (Å²) in [5, 5.41) is 0. The average Bonchev–Trinajstić information content (AvgIpc) is 2.43. The maximum absolute atomic E-state index is 11.5. The van der Waals surface area contributed by atoms with Crippen LogP contribution in [-0.4, -0.2) is 37.1 Å². The molecular formula is C10H19NO2. The zero-order valence-electron chi connectivity index (χ0n) is 8.96. The molecule has 3 nitrogen and oxygen atoms in total. The van der Waals surface area contributed by atoms with E-state index in [0.29, 0.717) is 6.61 Å². The van der Waals surface area contributed by atoms with E-state index in [1.165, 1.54) is 0 Å². The van der Waals surface area contributed by atoms with Gasteiger partial charge in [-0.25, -0.2) is 0 Å². The summed E-state index contributed by atoms with van der Waals surface area (Å²) in [6.45, 7) is 7.64. The van der Waals surface area contributed by atoms with Crippen LogP contribution in [0, 0.1) is 5.41 Å². The first-order valence-electron chi connectivity index (χ1n) is 4.93. The van der Waals surface area contributed by atoms with Gasteiger partial charge in [-0.1, -0.05) is 13.8 Å². The molecule has 1 aliphatic heterocycles. The second-order valence-electron chi connectivity index (χ2n) is 3.96. The molecule has 2 unspecified atom stereocenters. The molecule has 76 valence electrons. The Bertz CT molecular complexity index is 205. The van der Waals surface area contributed by atoms with E-state index in [4.69, 9.17) is 4.74 Å². The summed E-state index contributed by atoms with van der Waals surface area (Å²) in [6, 6.07) is 0.245. The van der Waals surface area contributed by atoms with Crippen LogP contribution >= 0.6 is 0 Å². The van der Waals surface area contributed by atoms with Gasteiger partial charge in [0.1, 0.15) is 6.61 Å². The van der Waals surface area contributed by atoms with Gasteiger partial charge in [-0.05, 0) is 26.9 Å². The summed E-state index contributed by atoms with van der Waals surface area (Å²) < 4.78 is 5.11. The lowest BCUT2D eigenvalue weighted by Crippen LogP contribution is -2.44. The minimum Gasteiger partial charge on any atom is -0.464 e. The van der Waals surface area contributed by atoms with Crippen LogP contribution in [0.5, 0.6) is 0 Å². The lowest BCUT2D eigenvalue weighted by Gasteiger charge is -2.31. The summed E-state index contributed by atoms with van der Waals surface area (Å²) in [4.78, 5) is 13.7. The van der Waals surface area contributed by atoms with Crippen molar-refractivity contribution in [2.75, 3.05) is 20.2 Å². The van der Waals surface area contributed by atoms with Crippen LogP contribution in [0.1, 0.15) is 27.2 Å². The van der Waals surface area contributed by atoms with E-state index in [1.807, 2.05) is 20.9 Å². The van der Waals surface area contributed by atoms with Crippen LogP contribution in [0.3, 0.4) is 0 Å². The van der Waals surface area contributed by atoms with Crippen LogP contribution in [0.4, 0.5) is 0 Å². The molecule has 3 heteroatoms. The molecule has 1 aliphatic rings. The predicted molar refractivity (Wildman–Crippen MR) is 51.4 cm³/mol. The van der Waals surface area contributed by atoms with Gasteiger partial charge in [0.2, 0.25) is 0 Å². The summed E-state index contributed by atoms with van der Waals surface area (Å²) in [6.07, 6.45) is 0.848. The second-order valence-corrected chi connectivity index (χ2v) is 3.96. The lowest BCUT2D eigenvalue weighted by atomic mass is 9.81. The van der Waals surface area contributed by atoms with E-state index in [9.17, 15) is 4.79 Å². The Kier molecular flexibility index (Phi) is 2.96. The van der Waals surface area contributed by atoms with Crippen molar-refractivity contribution in [3.63, 3.8) is 0 Å². The molecule has 0 spiro atoms. The highest BCUT2D eigenvalue weighted by Gasteiger charge is 2.48. The van der Waals surface area contributed by atoms with Crippen molar-refractivity contribution in [2.24, 2.45) is 5.41 Å². The highest BCUT2D eigenvalue weighted by atomic mass is 16.5. The van der Waals surface area contributed by atoms with E-state index in [2.05, 4.69) is 11.8 Å². The number of carbonyl (C=O) groups is 1. The van der Waals surface area contributed by atoms with Crippen molar-refractivity contribution in [3.05, 3.63) is 0 Å². The smallest absolute Gasteiger partial charge is 0.313 e. The number of cyclic esters (lactones) is 1. The van der Waals surface area contributed by atoms with Crippen molar-refractivity contribution < 1.29 is 9.53 Å². The Morgan fingerprint density at radius 1 is 1.62 bits per heavy atom. The lowest BCUT2D eigenvalue weighted by molar-refractivity contribution is -0.146. The van der Waals surface area contributed by atoms with Crippen LogP contribution in [0.25, 0.3) is 0 Å². The normalized spacial score (nSPS) is 33.9. The average molecular weight is 185 g/mol. The molecule has 0 radical (unpaired) electrons. The monoisotopic (exact) mass is 185 g/mol. The quantitative estimate of drug-likeness (QED) is 0.620. The van der Waals surface area contributed by atoms with E-state index in [1.54, 1.807) is 0 Å². The number of ether oxygens (including phenoxy) is 1. The first-order chi connectivity index (χ1) is 6.06. The van der Waals surface area contributed by atoms with Crippen LogP contribution in [0.2, 0.25) is 0 Å². The fourth-order valence-corrected chi connectivity index (χ4v) is 1.85. The maximum atomic E-state index is 11.5. The van der Waals surface area contributed by atoms with Crippen molar-refractivity contribution in [1.29, 1.82) is 0 Å². The van der Waals surface area contributed by atoms with Gasteiger partial charge in [0.25, 0.3) is 0 Å². The molecule has 1 saturated heterocycles. The number of likely N-dealkylation sites (N-methyl/N-ethyl adjacent to an activating group) is 1. The third-order valence-corrected chi connectivity index (χ3v) is 3.34. The number of nitrogens with zero attached hydrogens (tertiary/aromatic N) is 1. The summed E-state index contributed by atoms with van der Waals surface area (Å²) >= 11 is 0. The number of hydrogen-bond donors (Lipinski definition) is 0. The van der Waals surface area contributed by atoms with E-state index in [0.717, 1.165) is 13.0 Å². The molecule has 0 amide bonds. The summed E-state index contributed by atoms with van der Waals surface area (Å²) in [5.74, 6) is -0.0414. The standard InChI is InChI=1S/C10H19NO2/c1-5-10(3)8(11(4)6-2)7-13-9(10)12/h8H,5-7H2,1-4H3. The van der Waals surface area contributed by atoms with Gasteiger partial charge >= 0.3 is 5.97 Å². The van der Waals surface area contributed by atoms with E-state index < -0.39 is 0 Å². The summed E-state index contributed by atoms with van der Waals surface area (Å²) in [5.41, 5.74) is -0.301. The van der Waals surface area contributed by atoms with Crippen LogP contribution in [-0.2, 0) is 9.53 Å². The molecule has 13 heavy (non-hydrogen) atoms. The minimum atomic E-state index is -0.301. The number of carbonyl (C=O) groups excluding carboxylic acids is 1. The Hall–Kier alpha value is -0.570. The third-order valence-electron chi connectivity index (χ3n) is 3.34. The molecule has 0 saturated carbocycles. The van der Waals surface area contributed by atoms with Gasteiger partial charge in [0.05, 0.1) is 11.5 Å². The van der Waals surface area contributed by atoms with Gasteiger partial charge in [-0.15, -0.1) is 0 Å². The van der Waals surface area contributed by atoms with Crippen molar-refractivity contribution in [1.82, 2.24) is 4.90 Å². The van der Waals surface area contributed by atoms with Crippen LogP contribution in [0.15, 0.2) is 0 Å². The number of esters is 1. The molecule has 2 atom stereocenters. The molecule has 0 aromatic heterocycles. The molecule has 0 N–H and O–H groups in total. The van der Waals surface area contributed by atoms with Gasteiger partial charge in [0, 0.05) is 0 Å². The maximum Gasteiger partial charge on any atom is 0.313 e. The Morgan fingerprint density at radius 3 is 2.69 bits per heavy atom. The Morgan fingerprint density at radius 2 is 2.23 bits per heavy atom. The summed E-state index contributed by atoms with van der Waals surface area (Å²) in [7, 11) is 2.04. The van der Waals surface area contributed by atoms with Gasteiger partial charge in [-0.2, -0.15) is 0 Å². The molecule has 0 bridgehead atoms. The molecule has 0 aliphatic carbocycles. The fraction of sp³-hybridized carbons (Fsp3) is 0.900. The zero-order valence-corrected chi connectivity index (χ0v) is 8.96. The van der Waals surface area contributed by atoms with Gasteiger partial charge in [0.15, 0.2) is 0 Å². The fourth-order valence-electron chi connectivity index (χ4n) is 1.85. The minimum absolute atomic E-state index is 0.0414.